The van der Waals surface area contributed by atoms with Gasteiger partial charge in [-0.15, -0.1) is 0 Å². The van der Waals surface area contributed by atoms with Gasteiger partial charge in [-0.1, -0.05) is 13.8 Å². The van der Waals surface area contributed by atoms with Crippen LogP contribution in [-0.4, -0.2) is 17.5 Å². The molecule has 0 spiro atoms. The van der Waals surface area contributed by atoms with E-state index in [1.54, 1.807) is 13.8 Å². The number of aldehydes is 1. The van der Waals surface area contributed by atoms with Gasteiger partial charge in [0.15, 0.2) is 0 Å². The van der Waals surface area contributed by atoms with Crippen molar-refractivity contribution in [2.24, 2.45) is 5.92 Å². The van der Waals surface area contributed by atoms with Crippen molar-refractivity contribution in [3.63, 3.8) is 0 Å². The molecule has 0 aromatic carbocycles. The Bertz CT molecular complexity index is 55.2. The summed E-state index contributed by atoms with van der Waals surface area (Å²) >= 11 is 0. The van der Waals surface area contributed by atoms with Gasteiger partial charge in [-0.05, 0) is 13.8 Å². The van der Waals surface area contributed by atoms with Crippen molar-refractivity contribution in [2.75, 3.05) is 0 Å². The molecule has 0 saturated carbocycles. The maximum absolute atomic E-state index is 9.50. The molecule has 0 fully saturated rings. The summed E-state index contributed by atoms with van der Waals surface area (Å²) in [6, 6.07) is 0. The van der Waals surface area contributed by atoms with Crippen LogP contribution in [-0.2, 0) is 4.79 Å². The lowest BCUT2D eigenvalue weighted by Gasteiger charge is -1.80. The second kappa shape index (κ2) is 7.63. The van der Waals surface area contributed by atoms with E-state index in [0.29, 0.717) is 0 Å². The first-order chi connectivity index (χ1) is 4.00. The fourth-order valence-corrected chi connectivity index (χ4v) is 0. The van der Waals surface area contributed by atoms with Crippen molar-refractivity contribution >= 4 is 6.29 Å². The summed E-state index contributed by atoms with van der Waals surface area (Å²) in [5.74, 6) is 0.204. The zero-order valence-electron chi connectivity index (χ0n) is 6.59. The topological polar surface area (TPSA) is 37.3 Å². The number of carbonyl (C=O) groups is 1. The number of aliphatic hydroxyl groups excluding tert-OH is 1. The fraction of sp³-hybridized carbons (Fsp3) is 0.857. The standard InChI is InChI=1S/C4H8O.C3H8O/c1-4(2)3-5;1-3(2)4/h3-4H,1-2H3;3-4H,1-2H3. The summed E-state index contributed by atoms with van der Waals surface area (Å²) in [5.41, 5.74) is 0. The van der Waals surface area contributed by atoms with Crippen LogP contribution in [0.15, 0.2) is 0 Å². The Morgan fingerprint density at radius 1 is 1.22 bits per heavy atom. The van der Waals surface area contributed by atoms with Crippen LogP contribution in [0.3, 0.4) is 0 Å². The molecule has 0 heterocycles. The molecule has 0 radical (unpaired) electrons. The Balaban J connectivity index is 0. The summed E-state index contributed by atoms with van der Waals surface area (Å²) in [7, 11) is 0. The van der Waals surface area contributed by atoms with Crippen LogP contribution in [0.2, 0.25) is 0 Å². The summed E-state index contributed by atoms with van der Waals surface area (Å²) in [6.07, 6.45) is 0.750. The lowest BCUT2D eigenvalue weighted by Crippen LogP contribution is -1.85. The van der Waals surface area contributed by atoms with Crippen molar-refractivity contribution < 1.29 is 9.90 Å². The van der Waals surface area contributed by atoms with Crippen LogP contribution in [0.25, 0.3) is 0 Å². The van der Waals surface area contributed by atoms with E-state index < -0.39 is 0 Å². The molecule has 0 atom stereocenters. The number of hydrogen-bond donors (Lipinski definition) is 1. The highest BCUT2D eigenvalue weighted by molar-refractivity contribution is 5.51. The van der Waals surface area contributed by atoms with E-state index in [0.717, 1.165) is 6.29 Å². The second-order valence-corrected chi connectivity index (χ2v) is 2.47. The maximum Gasteiger partial charge on any atom is 0.122 e. The second-order valence-electron chi connectivity index (χ2n) is 2.47. The molecule has 2 heteroatoms. The average Bonchev–Trinajstić information content (AvgIpc) is 1.65. The molecule has 56 valence electrons. The van der Waals surface area contributed by atoms with Crippen molar-refractivity contribution in [1.29, 1.82) is 0 Å². The summed E-state index contributed by atoms with van der Waals surface area (Å²) in [6.45, 7) is 7.15. The molecular weight excluding hydrogens is 116 g/mol. The largest absolute Gasteiger partial charge is 0.394 e. The van der Waals surface area contributed by atoms with Crippen LogP contribution in [0.5, 0.6) is 0 Å². The first-order valence-electron chi connectivity index (χ1n) is 3.14. The molecule has 1 N–H and O–H groups in total. The predicted octanol–water partition coefficient (Wildman–Crippen LogP) is 1.23. The smallest absolute Gasteiger partial charge is 0.122 e. The summed E-state index contributed by atoms with van der Waals surface area (Å²) < 4.78 is 0. The van der Waals surface area contributed by atoms with Gasteiger partial charge in [0, 0.05) is 12.0 Å². The Labute approximate surface area is 56.9 Å². The predicted molar refractivity (Wildman–Crippen MR) is 38.3 cm³/mol. The highest BCUT2D eigenvalue weighted by atomic mass is 16.3. The molecule has 2 nitrogen and oxygen atoms in total. The van der Waals surface area contributed by atoms with E-state index in [1.807, 2.05) is 13.8 Å². The number of carbonyl (C=O) groups excluding carboxylic acids is 1. The molecule has 0 bridgehead atoms. The van der Waals surface area contributed by atoms with E-state index in [4.69, 9.17) is 5.11 Å². The monoisotopic (exact) mass is 132 g/mol. The zero-order valence-corrected chi connectivity index (χ0v) is 6.59. The van der Waals surface area contributed by atoms with Crippen LogP contribution >= 0.6 is 0 Å². The highest BCUT2D eigenvalue weighted by Crippen LogP contribution is 1.78. The van der Waals surface area contributed by atoms with E-state index in [9.17, 15) is 4.79 Å². The number of aliphatic hydroxyl groups is 1. The maximum atomic E-state index is 9.50. The van der Waals surface area contributed by atoms with Gasteiger partial charge < -0.3 is 9.90 Å². The molecule has 0 aliphatic rings. The first-order valence-corrected chi connectivity index (χ1v) is 3.14. The minimum absolute atomic E-state index is 0.167. The van der Waals surface area contributed by atoms with Gasteiger partial charge in [-0.2, -0.15) is 0 Å². The summed E-state index contributed by atoms with van der Waals surface area (Å²) in [4.78, 5) is 9.50. The number of hydrogen-bond acceptors (Lipinski definition) is 2. The molecule has 0 aliphatic carbocycles. The van der Waals surface area contributed by atoms with Gasteiger partial charge in [0.25, 0.3) is 0 Å². The Morgan fingerprint density at radius 2 is 1.33 bits per heavy atom. The van der Waals surface area contributed by atoms with Crippen molar-refractivity contribution in [2.45, 2.75) is 33.8 Å². The van der Waals surface area contributed by atoms with Crippen LogP contribution in [0.4, 0.5) is 0 Å². The van der Waals surface area contributed by atoms with Crippen molar-refractivity contribution in [1.82, 2.24) is 0 Å². The molecule has 0 aliphatic heterocycles. The molecule has 0 aromatic rings. The third-order valence-electron chi connectivity index (χ3n) is 0.272. The van der Waals surface area contributed by atoms with E-state index >= 15 is 0 Å². The van der Waals surface area contributed by atoms with Gasteiger partial charge in [-0.3, -0.25) is 0 Å². The van der Waals surface area contributed by atoms with Gasteiger partial charge in [-0.25, -0.2) is 0 Å². The third kappa shape index (κ3) is 91.0. The highest BCUT2D eigenvalue weighted by Gasteiger charge is 1.79. The van der Waals surface area contributed by atoms with Crippen LogP contribution < -0.4 is 0 Å². The van der Waals surface area contributed by atoms with Crippen LogP contribution in [0.1, 0.15) is 27.7 Å². The van der Waals surface area contributed by atoms with E-state index in [2.05, 4.69) is 0 Å². The average molecular weight is 132 g/mol. The third-order valence-corrected chi connectivity index (χ3v) is 0.272. The zero-order chi connectivity index (χ0) is 7.86. The van der Waals surface area contributed by atoms with Crippen LogP contribution in [0, 0.1) is 5.92 Å². The number of rotatable bonds is 1. The fourth-order valence-electron chi connectivity index (χ4n) is 0. The van der Waals surface area contributed by atoms with Gasteiger partial charge >= 0.3 is 0 Å². The lowest BCUT2D eigenvalue weighted by molar-refractivity contribution is -0.110. The normalized spacial score (nSPS) is 8.78. The quantitative estimate of drug-likeness (QED) is 0.545. The molecule has 0 rings (SSSR count). The molecule has 0 aromatic heterocycles. The van der Waals surface area contributed by atoms with E-state index in [1.165, 1.54) is 0 Å². The minimum atomic E-state index is -0.167. The van der Waals surface area contributed by atoms with Gasteiger partial charge in [0.05, 0.1) is 0 Å². The molecule has 0 saturated heterocycles. The lowest BCUT2D eigenvalue weighted by atomic mass is 10.3. The van der Waals surface area contributed by atoms with Gasteiger partial charge in [0.2, 0.25) is 0 Å². The van der Waals surface area contributed by atoms with Crippen molar-refractivity contribution in [3.05, 3.63) is 0 Å². The minimum Gasteiger partial charge on any atom is -0.394 e. The summed E-state index contributed by atoms with van der Waals surface area (Å²) in [5, 5.41) is 8.06. The Hall–Kier alpha value is -0.370. The molecule has 0 amide bonds. The Morgan fingerprint density at radius 3 is 1.33 bits per heavy atom. The van der Waals surface area contributed by atoms with E-state index in [-0.39, 0.29) is 12.0 Å². The molecular formula is C7H16O2. The van der Waals surface area contributed by atoms with Crippen molar-refractivity contribution in [3.8, 4) is 0 Å². The molecule has 9 heavy (non-hydrogen) atoms. The van der Waals surface area contributed by atoms with Gasteiger partial charge in [0.1, 0.15) is 6.29 Å². The Kier molecular flexibility index (Phi) is 9.69. The first kappa shape index (κ1) is 11.4. The molecule has 0 unspecified atom stereocenters. The SMILES string of the molecule is CC(C)C=O.CC(C)O.